The van der Waals surface area contributed by atoms with E-state index in [1.54, 1.807) is 80.1 Å². The highest BCUT2D eigenvalue weighted by atomic mass is 31.3. The van der Waals surface area contributed by atoms with Crippen LogP contribution in [0.15, 0.2) is 47.1 Å². The third kappa shape index (κ3) is 10.3. The number of rotatable bonds is 12. The standard InChI is InChI=1S/C20H44O12P4Si4/c1-17(2)37(9,10)29-33(21)25-34(22,30-38(11,12)18(3)4)27-36(24,32-40(15,16)20(7)8)28-35(23,26-33)31-39(13,14)19(5)6/h1,3,5,7H2,2,4,6,8-16H3. The Bertz CT molecular complexity index is 1060. The summed E-state index contributed by atoms with van der Waals surface area (Å²) in [5, 5.41) is 1.95. The van der Waals surface area contributed by atoms with Gasteiger partial charge in [-0.15, -0.1) is 26.3 Å². The maximum atomic E-state index is 14.2. The molecule has 0 aromatic rings. The smallest absolute Gasteiger partial charge is 0.325 e. The van der Waals surface area contributed by atoms with Gasteiger partial charge in [0.2, 0.25) is 33.3 Å². The van der Waals surface area contributed by atoms with Crippen LogP contribution in [0.4, 0.5) is 0 Å². The first-order valence-corrected chi connectivity index (χ1v) is 29.6. The van der Waals surface area contributed by atoms with Gasteiger partial charge in [-0.1, -0.05) is 20.8 Å². The van der Waals surface area contributed by atoms with E-state index >= 15 is 0 Å². The van der Waals surface area contributed by atoms with Crippen molar-refractivity contribution < 1.29 is 52.4 Å². The third-order valence-corrected chi connectivity index (χ3v) is 31.8. The van der Waals surface area contributed by atoms with Crippen LogP contribution in [0.2, 0.25) is 52.4 Å². The lowest BCUT2D eigenvalue weighted by Gasteiger charge is -2.39. The first kappa shape index (κ1) is 38.5. The zero-order valence-electron chi connectivity index (χ0n) is 25.5. The van der Waals surface area contributed by atoms with Crippen molar-refractivity contribution >= 4 is 64.6 Å². The molecule has 20 heteroatoms. The van der Waals surface area contributed by atoms with Crippen molar-refractivity contribution in [2.45, 2.75) is 80.1 Å². The molecular formula is C20H44O12P4Si4. The topological polar surface area (TPSA) is 142 Å². The molecule has 232 valence electrons. The molecular weight excluding hydrogens is 668 g/mol. The lowest BCUT2D eigenvalue weighted by Crippen LogP contribution is -2.35. The second-order valence-electron chi connectivity index (χ2n) is 11.6. The Balaban J connectivity index is 3.98. The molecule has 40 heavy (non-hydrogen) atoms. The Morgan fingerprint density at radius 1 is 0.425 bits per heavy atom. The molecule has 1 saturated heterocycles. The van der Waals surface area contributed by atoms with Crippen LogP contribution in [0, 0.1) is 0 Å². The summed E-state index contributed by atoms with van der Waals surface area (Å²) >= 11 is 0. The SMILES string of the molecule is C=C(C)[Si](C)(C)OP1(=O)OP(=O)(O[Si](C)(C)C(=C)C)OP(=O)(O[Si](C)(C)C(=C)C)OP(=O)(O[Si](C)(C)C(=C)C)O1. The van der Waals surface area contributed by atoms with Crippen LogP contribution in [0.3, 0.4) is 0 Å². The molecule has 1 heterocycles. The predicted octanol–water partition coefficient (Wildman–Crippen LogP) is 9.85. The highest BCUT2D eigenvalue weighted by Crippen LogP contribution is 2.85. The van der Waals surface area contributed by atoms with Gasteiger partial charge in [-0.05, 0) is 80.1 Å². The molecule has 1 aliphatic heterocycles. The molecule has 1 fully saturated rings. The number of allylic oxidation sites excluding steroid dienone is 4. The van der Waals surface area contributed by atoms with Crippen LogP contribution in [-0.2, 0) is 52.4 Å². The van der Waals surface area contributed by atoms with Gasteiger partial charge in [-0.2, -0.15) is 17.2 Å². The first-order chi connectivity index (χ1) is 17.4. The van der Waals surface area contributed by atoms with Crippen molar-refractivity contribution in [3.8, 4) is 0 Å². The van der Waals surface area contributed by atoms with E-state index < -0.39 is 64.6 Å². The molecule has 0 N–H and O–H groups in total. The quantitative estimate of drug-likeness (QED) is 0.140. The van der Waals surface area contributed by atoms with Crippen LogP contribution in [-0.4, -0.2) is 33.3 Å². The largest absolute Gasteiger partial charge is 0.483 e. The van der Waals surface area contributed by atoms with Crippen molar-refractivity contribution in [3.63, 3.8) is 0 Å². The van der Waals surface area contributed by atoms with Crippen LogP contribution in [0.1, 0.15) is 27.7 Å². The molecule has 0 aromatic carbocycles. The minimum atomic E-state index is -5.19. The fourth-order valence-corrected chi connectivity index (χ4v) is 22.5. The summed E-state index contributed by atoms with van der Waals surface area (Å²) in [5.74, 6) is 0. The van der Waals surface area contributed by atoms with E-state index in [0.29, 0.717) is 20.8 Å². The molecule has 0 aromatic heterocycles. The van der Waals surface area contributed by atoms with Gasteiger partial charge in [0.1, 0.15) is 0 Å². The summed E-state index contributed by atoms with van der Waals surface area (Å²) in [4.78, 5) is 0. The van der Waals surface area contributed by atoms with E-state index in [2.05, 4.69) is 26.3 Å². The van der Waals surface area contributed by atoms with Crippen LogP contribution < -0.4 is 0 Å². The van der Waals surface area contributed by atoms with Gasteiger partial charge in [0, 0.05) is 0 Å². The van der Waals surface area contributed by atoms with E-state index in [-0.39, 0.29) is 0 Å². The Kier molecular flexibility index (Phi) is 12.0. The monoisotopic (exact) mass is 712 g/mol. The molecule has 1 rings (SSSR count). The van der Waals surface area contributed by atoms with Gasteiger partial charge < -0.3 is 16.9 Å². The van der Waals surface area contributed by atoms with Crippen molar-refractivity contribution in [1.29, 1.82) is 0 Å². The Labute approximate surface area is 243 Å². The minimum absolute atomic E-state index is 0.488. The van der Waals surface area contributed by atoms with E-state index in [9.17, 15) is 18.3 Å². The highest BCUT2D eigenvalue weighted by Gasteiger charge is 2.61. The molecule has 0 bridgehead atoms. The van der Waals surface area contributed by atoms with Crippen molar-refractivity contribution in [1.82, 2.24) is 0 Å². The Morgan fingerprint density at radius 3 is 0.650 bits per heavy atom. The minimum Gasteiger partial charge on any atom is -0.325 e. The van der Waals surface area contributed by atoms with E-state index in [1.807, 2.05) is 0 Å². The van der Waals surface area contributed by atoms with Crippen LogP contribution in [0.5, 0.6) is 0 Å². The lowest BCUT2D eigenvalue weighted by atomic mass is 10.8. The van der Waals surface area contributed by atoms with Gasteiger partial charge in [0.05, 0.1) is 0 Å². The summed E-state index contributed by atoms with van der Waals surface area (Å²) in [6, 6.07) is 0. The number of hydrogen-bond acceptors (Lipinski definition) is 12. The maximum Gasteiger partial charge on any atom is 0.483 e. The number of phosphoric acid groups is 4. The van der Waals surface area contributed by atoms with Crippen molar-refractivity contribution in [2.75, 3.05) is 0 Å². The summed E-state index contributed by atoms with van der Waals surface area (Å²) in [6.07, 6.45) is 0. The van der Waals surface area contributed by atoms with Gasteiger partial charge in [0.25, 0.3) is 0 Å². The summed E-state index contributed by atoms with van der Waals surface area (Å²) in [5.41, 5.74) is 0. The zero-order valence-corrected chi connectivity index (χ0v) is 33.1. The highest BCUT2D eigenvalue weighted by molar-refractivity contribution is 7.77. The molecule has 0 aliphatic carbocycles. The third-order valence-electron chi connectivity index (χ3n) is 6.27. The van der Waals surface area contributed by atoms with Crippen LogP contribution >= 0.6 is 31.3 Å². The molecule has 0 amide bonds. The molecule has 12 nitrogen and oxygen atoms in total. The number of hydrogen-bond donors (Lipinski definition) is 0. The summed E-state index contributed by atoms with van der Waals surface area (Å²) < 4.78 is 101. The molecule has 1 aliphatic rings. The van der Waals surface area contributed by atoms with Gasteiger partial charge in [-0.25, -0.2) is 18.3 Å². The fraction of sp³-hybridized carbons (Fsp3) is 0.600. The molecule has 0 saturated carbocycles. The average Bonchev–Trinajstić information content (AvgIpc) is 2.62. The van der Waals surface area contributed by atoms with Gasteiger partial charge in [0.15, 0.2) is 0 Å². The maximum absolute atomic E-state index is 14.2. The summed E-state index contributed by atoms with van der Waals surface area (Å²) in [6.45, 7) is 34.7. The fourth-order valence-electron chi connectivity index (χ4n) is 2.11. The average molecular weight is 713 g/mol. The predicted molar refractivity (Wildman–Crippen MR) is 168 cm³/mol. The molecule has 0 spiro atoms. The second-order valence-corrected chi connectivity index (χ2v) is 36.3. The van der Waals surface area contributed by atoms with Crippen molar-refractivity contribution in [3.05, 3.63) is 47.1 Å². The summed E-state index contributed by atoms with van der Waals surface area (Å²) in [7, 11) is -33.3. The van der Waals surface area contributed by atoms with E-state index in [4.69, 9.17) is 34.1 Å². The zero-order chi connectivity index (χ0) is 32.0. The molecule has 0 unspecified atom stereocenters. The van der Waals surface area contributed by atoms with Crippen molar-refractivity contribution in [2.24, 2.45) is 0 Å². The normalized spacial score (nSPS) is 30.7. The van der Waals surface area contributed by atoms with Gasteiger partial charge >= 0.3 is 31.3 Å². The Hall–Kier alpha value is 0.428. The molecule has 0 atom stereocenters. The van der Waals surface area contributed by atoms with E-state index in [0.717, 1.165) is 0 Å². The van der Waals surface area contributed by atoms with E-state index in [1.165, 1.54) is 0 Å². The second kappa shape index (κ2) is 12.4. The van der Waals surface area contributed by atoms with Crippen LogP contribution in [0.25, 0.3) is 0 Å². The first-order valence-electron chi connectivity index (χ1n) is 12.2. The molecule has 0 radical (unpaired) electrons. The van der Waals surface area contributed by atoms with Gasteiger partial charge in [-0.3, -0.25) is 0 Å². The Morgan fingerprint density at radius 2 is 0.550 bits per heavy atom. The lowest BCUT2D eigenvalue weighted by molar-refractivity contribution is 0.173.